The van der Waals surface area contributed by atoms with Crippen LogP contribution in [0.1, 0.15) is 36.8 Å². The molecule has 5 atom stereocenters. The number of H-pyrrole nitrogens is 1. The van der Waals surface area contributed by atoms with Crippen LogP contribution in [0.15, 0.2) is 70.5 Å². The van der Waals surface area contributed by atoms with Crippen LogP contribution in [-0.2, 0) is 35.1 Å². The van der Waals surface area contributed by atoms with Crippen LogP contribution in [0.2, 0.25) is 0 Å². The van der Waals surface area contributed by atoms with Gasteiger partial charge in [-0.2, -0.15) is 0 Å². The number of carbonyl (C=O) groups is 1. The molecule has 0 aliphatic carbocycles. The van der Waals surface area contributed by atoms with Crippen molar-refractivity contribution in [1.29, 1.82) is 0 Å². The Morgan fingerprint density at radius 1 is 1.21 bits per heavy atom. The van der Waals surface area contributed by atoms with Gasteiger partial charge in [0, 0.05) is 31.3 Å². The molecule has 0 radical (unpaired) electrons. The highest BCUT2D eigenvalue weighted by Crippen LogP contribution is 2.62. The van der Waals surface area contributed by atoms with Gasteiger partial charge in [-0.05, 0) is 36.4 Å². The van der Waals surface area contributed by atoms with Gasteiger partial charge in [-0.3, -0.25) is 23.8 Å². The van der Waals surface area contributed by atoms with Gasteiger partial charge in [0.1, 0.15) is 30.4 Å². The summed E-state index contributed by atoms with van der Waals surface area (Å²) in [5.41, 5.74) is 0.225. The van der Waals surface area contributed by atoms with E-state index >= 15 is 0 Å². The lowest BCUT2D eigenvalue weighted by Gasteiger charge is -2.28. The molecular weight excluding hydrogens is 531 g/mol. The molecule has 1 unspecified atom stereocenters. The number of pyridine rings is 1. The van der Waals surface area contributed by atoms with Crippen LogP contribution in [0.4, 0.5) is 5.82 Å². The van der Waals surface area contributed by atoms with Gasteiger partial charge >= 0.3 is 11.7 Å². The number of esters is 1. The Labute approximate surface area is 223 Å². The van der Waals surface area contributed by atoms with E-state index in [-0.39, 0.29) is 19.1 Å². The maximum atomic E-state index is 12.4. The number of hydrogen-bond acceptors (Lipinski definition) is 9. The van der Waals surface area contributed by atoms with Crippen LogP contribution in [-0.4, -0.2) is 45.9 Å². The molecule has 2 saturated heterocycles. The van der Waals surface area contributed by atoms with E-state index in [0.717, 1.165) is 5.56 Å². The third-order valence-corrected chi connectivity index (χ3v) is 9.46. The molecule has 11 nitrogen and oxygen atoms in total. The zero-order valence-corrected chi connectivity index (χ0v) is 22.5. The summed E-state index contributed by atoms with van der Waals surface area (Å²) >= 11 is 5.98. The van der Waals surface area contributed by atoms with E-state index in [1.807, 2.05) is 53.2 Å². The van der Waals surface area contributed by atoms with Crippen LogP contribution in [0.5, 0.6) is 0 Å². The molecular formula is C25H27N4O7PS. The molecule has 38 heavy (non-hydrogen) atoms. The monoisotopic (exact) mass is 558 g/mol. The van der Waals surface area contributed by atoms with Gasteiger partial charge in [-0.1, -0.05) is 36.4 Å². The summed E-state index contributed by atoms with van der Waals surface area (Å²) in [5, 5.41) is 0. The molecule has 2 aliphatic rings. The minimum atomic E-state index is -3.08. The third kappa shape index (κ3) is 5.50. The second-order valence-corrected chi connectivity index (χ2v) is 12.3. The number of anilines is 1. The van der Waals surface area contributed by atoms with Crippen LogP contribution in [0.25, 0.3) is 0 Å². The van der Waals surface area contributed by atoms with E-state index in [9.17, 15) is 14.4 Å². The number of ether oxygens (including phenoxy) is 2. The topological polar surface area (TPSA) is 125 Å². The first-order valence-corrected chi connectivity index (χ1v) is 14.6. The average molecular weight is 559 g/mol. The molecule has 1 aromatic carbocycles. The lowest BCUT2D eigenvalue weighted by molar-refractivity contribution is -0.150. The SMILES string of the molecule is CC(=O)O[C@H]1C[C@H](n2cc(C)c(=O)[nH]c2=O)O[C@@H]1COP1(=S)O[C@H](c2ccccc2)CN1c1ccccn1. The lowest BCUT2D eigenvalue weighted by atomic mass is 10.1. The molecule has 0 bridgehead atoms. The van der Waals surface area contributed by atoms with E-state index < -0.39 is 42.3 Å². The molecule has 2 fully saturated rings. The van der Waals surface area contributed by atoms with Gasteiger partial charge in [0.15, 0.2) is 0 Å². The first-order chi connectivity index (χ1) is 18.2. The van der Waals surface area contributed by atoms with Crippen molar-refractivity contribution in [2.45, 2.75) is 44.8 Å². The summed E-state index contributed by atoms with van der Waals surface area (Å²) in [4.78, 5) is 42.8. The highest BCUT2D eigenvalue weighted by Gasteiger charge is 2.45. The summed E-state index contributed by atoms with van der Waals surface area (Å²) in [7, 11) is 0. The summed E-state index contributed by atoms with van der Waals surface area (Å²) in [6.45, 7) is 0.209. The second kappa shape index (κ2) is 10.9. The van der Waals surface area contributed by atoms with Crippen LogP contribution >= 0.6 is 6.64 Å². The van der Waals surface area contributed by atoms with Crippen molar-refractivity contribution in [3.63, 3.8) is 0 Å². The number of aromatic amines is 1. The van der Waals surface area contributed by atoms with Gasteiger partial charge in [-0.15, -0.1) is 0 Å². The van der Waals surface area contributed by atoms with E-state index in [4.69, 9.17) is 30.3 Å². The molecule has 200 valence electrons. The Balaban J connectivity index is 1.39. The number of aromatic nitrogens is 3. The number of aryl methyl sites for hydroxylation is 1. The molecule has 0 spiro atoms. The van der Waals surface area contributed by atoms with Gasteiger partial charge < -0.3 is 18.5 Å². The van der Waals surface area contributed by atoms with Crippen molar-refractivity contribution < 1.29 is 23.3 Å². The van der Waals surface area contributed by atoms with Crippen molar-refractivity contribution in [2.24, 2.45) is 0 Å². The zero-order valence-electron chi connectivity index (χ0n) is 20.8. The van der Waals surface area contributed by atoms with E-state index in [1.54, 1.807) is 13.1 Å². The fraction of sp³-hybridized carbons (Fsp3) is 0.360. The normalized spacial score (nSPS) is 26.9. The number of benzene rings is 1. The standard InChI is InChI=1S/C25H27N4O7PS/c1-16-13-28(25(32)27-24(16)31)23-12-19(34-17(2)30)21(35-23)15-33-37(38)29(22-10-6-7-11-26-22)14-20(36-37)18-8-4-3-5-9-18/h3-11,13,19-21,23H,12,14-15H2,1-2H3,(H,27,31,32)/t19-,20-,21+,23+,37?/m0/s1. The van der Waals surface area contributed by atoms with Crippen molar-refractivity contribution in [3.05, 3.63) is 92.9 Å². The molecule has 3 aromatic rings. The lowest BCUT2D eigenvalue weighted by Crippen LogP contribution is -2.33. The minimum Gasteiger partial charge on any atom is -0.460 e. The van der Waals surface area contributed by atoms with E-state index in [0.29, 0.717) is 17.9 Å². The average Bonchev–Trinajstić information content (AvgIpc) is 3.46. The minimum absolute atomic E-state index is 0.0480. The van der Waals surface area contributed by atoms with Gasteiger partial charge in [0.05, 0.1) is 13.2 Å². The predicted octanol–water partition coefficient (Wildman–Crippen LogP) is 2.98. The van der Waals surface area contributed by atoms with Crippen LogP contribution < -0.4 is 15.9 Å². The Morgan fingerprint density at radius 3 is 2.68 bits per heavy atom. The Bertz CT molecular complexity index is 1470. The fourth-order valence-corrected chi connectivity index (χ4v) is 7.32. The number of nitrogens with zero attached hydrogens (tertiary/aromatic N) is 3. The highest BCUT2D eigenvalue weighted by atomic mass is 32.5. The third-order valence-electron chi connectivity index (χ3n) is 6.34. The van der Waals surface area contributed by atoms with Crippen LogP contribution in [0.3, 0.4) is 0 Å². The number of nitrogens with one attached hydrogen (secondary N) is 1. The highest BCUT2D eigenvalue weighted by molar-refractivity contribution is 8.10. The second-order valence-electron chi connectivity index (χ2n) is 9.03. The molecule has 4 heterocycles. The molecule has 0 saturated carbocycles. The maximum Gasteiger partial charge on any atom is 0.330 e. The zero-order chi connectivity index (χ0) is 26.9. The summed E-state index contributed by atoms with van der Waals surface area (Å²) in [6, 6.07) is 15.3. The van der Waals surface area contributed by atoms with Gasteiger partial charge in [-0.25, -0.2) is 9.78 Å². The summed E-state index contributed by atoms with van der Waals surface area (Å²) in [5.74, 6) is 0.139. The Morgan fingerprint density at radius 2 is 1.97 bits per heavy atom. The van der Waals surface area contributed by atoms with Gasteiger partial charge in [0.25, 0.3) is 12.2 Å². The Kier molecular flexibility index (Phi) is 7.60. The summed E-state index contributed by atoms with van der Waals surface area (Å²) in [6.07, 6.45) is 0.767. The van der Waals surface area contributed by atoms with Crippen molar-refractivity contribution >= 4 is 30.2 Å². The molecule has 5 rings (SSSR count). The quantitative estimate of drug-likeness (QED) is 0.342. The Hall–Kier alpha value is -3.15. The molecule has 0 amide bonds. The first-order valence-electron chi connectivity index (χ1n) is 12.1. The molecule has 13 heteroatoms. The fourth-order valence-electron chi connectivity index (χ4n) is 4.49. The first kappa shape index (κ1) is 26.5. The number of hydrogen-bond donors (Lipinski definition) is 1. The molecule has 1 N–H and O–H groups in total. The van der Waals surface area contributed by atoms with Crippen molar-refractivity contribution in [3.8, 4) is 0 Å². The number of carbonyl (C=O) groups excluding carboxylic acids is 1. The molecule has 2 aliphatic heterocycles. The van der Waals surface area contributed by atoms with E-state index in [2.05, 4.69) is 9.97 Å². The smallest absolute Gasteiger partial charge is 0.330 e. The van der Waals surface area contributed by atoms with Crippen LogP contribution in [0, 0.1) is 6.92 Å². The van der Waals surface area contributed by atoms with Crippen molar-refractivity contribution in [2.75, 3.05) is 17.8 Å². The number of rotatable bonds is 7. The predicted molar refractivity (Wildman–Crippen MR) is 142 cm³/mol. The van der Waals surface area contributed by atoms with Crippen molar-refractivity contribution in [1.82, 2.24) is 14.5 Å². The maximum absolute atomic E-state index is 12.4. The summed E-state index contributed by atoms with van der Waals surface area (Å²) < 4.78 is 27.4. The van der Waals surface area contributed by atoms with Gasteiger partial charge in [0.2, 0.25) is 0 Å². The molecule has 2 aromatic heterocycles. The largest absolute Gasteiger partial charge is 0.460 e. The van der Waals surface area contributed by atoms with E-state index in [1.165, 1.54) is 17.7 Å².